The van der Waals surface area contributed by atoms with Crippen LogP contribution in [0, 0.1) is 20.8 Å². The lowest BCUT2D eigenvalue weighted by molar-refractivity contribution is 0.606. The lowest BCUT2D eigenvalue weighted by Crippen LogP contribution is -2.11. The topological polar surface area (TPSA) is 72.0 Å². The molecule has 0 spiro atoms. The van der Waals surface area contributed by atoms with Crippen molar-refractivity contribution in [3.05, 3.63) is 89.7 Å². The molecule has 0 unspecified atom stereocenters. The second kappa shape index (κ2) is 11.0. The van der Waals surface area contributed by atoms with Crippen molar-refractivity contribution in [1.29, 1.82) is 0 Å². The SMILES string of the molecule is CS(=O)(=O)Nc1ncccn1.Cc1ccc(C)cc1.Cc1ccccc1. The van der Waals surface area contributed by atoms with Crippen LogP contribution in [0.25, 0.3) is 0 Å². The normalized spacial score (nSPS) is 9.85. The van der Waals surface area contributed by atoms with Gasteiger partial charge in [0.1, 0.15) is 0 Å². The average molecular weight is 372 g/mol. The van der Waals surface area contributed by atoms with Crippen molar-refractivity contribution in [3.63, 3.8) is 0 Å². The van der Waals surface area contributed by atoms with E-state index in [1.54, 1.807) is 6.07 Å². The first-order valence-corrected chi connectivity index (χ1v) is 9.95. The van der Waals surface area contributed by atoms with Gasteiger partial charge in [0.15, 0.2) is 0 Å². The maximum Gasteiger partial charge on any atom is 0.236 e. The number of rotatable bonds is 2. The lowest BCUT2D eigenvalue weighted by atomic mass is 10.2. The van der Waals surface area contributed by atoms with Crippen LogP contribution in [0.4, 0.5) is 5.95 Å². The molecule has 6 heteroatoms. The molecule has 138 valence electrons. The Bertz CT molecular complexity index is 830. The first kappa shape index (κ1) is 21.3. The smallest absolute Gasteiger partial charge is 0.236 e. The zero-order chi connectivity index (χ0) is 19.4. The largest absolute Gasteiger partial charge is 0.251 e. The summed E-state index contributed by atoms with van der Waals surface area (Å²) < 4.78 is 23.4. The van der Waals surface area contributed by atoms with Crippen LogP contribution in [0.5, 0.6) is 0 Å². The number of hydrogen-bond acceptors (Lipinski definition) is 4. The fraction of sp³-hybridized carbons (Fsp3) is 0.200. The van der Waals surface area contributed by atoms with Crippen LogP contribution in [-0.2, 0) is 10.0 Å². The molecule has 0 bridgehead atoms. The standard InChI is InChI=1S/C8H10.C7H8.C5H7N3O2S/c1-7-3-5-8(2)6-4-7;1-7-5-3-2-4-6-7;1-11(9,10)8-5-6-3-2-4-7-5/h3-6H,1-2H3;2-6H,1H3;2-4H,1H3,(H,6,7,8). The summed E-state index contributed by atoms with van der Waals surface area (Å²) in [5.41, 5.74) is 3.98. The van der Waals surface area contributed by atoms with E-state index in [1.807, 2.05) is 18.2 Å². The van der Waals surface area contributed by atoms with Gasteiger partial charge in [0.2, 0.25) is 16.0 Å². The predicted molar refractivity (Wildman–Crippen MR) is 108 cm³/mol. The van der Waals surface area contributed by atoms with Crippen molar-refractivity contribution in [1.82, 2.24) is 9.97 Å². The summed E-state index contributed by atoms with van der Waals surface area (Å²) in [7, 11) is -3.25. The molecule has 0 aliphatic rings. The van der Waals surface area contributed by atoms with Gasteiger partial charge in [0.05, 0.1) is 6.26 Å². The molecule has 0 aliphatic heterocycles. The number of aromatic nitrogens is 2. The summed E-state index contributed by atoms with van der Waals surface area (Å²) >= 11 is 0. The highest BCUT2D eigenvalue weighted by Gasteiger charge is 2.01. The quantitative estimate of drug-likeness (QED) is 0.735. The number of hydrogen-bond donors (Lipinski definition) is 1. The molecular weight excluding hydrogens is 346 g/mol. The minimum atomic E-state index is -3.25. The van der Waals surface area contributed by atoms with Gasteiger partial charge in [-0.25, -0.2) is 18.4 Å². The van der Waals surface area contributed by atoms with Gasteiger partial charge in [0, 0.05) is 12.4 Å². The van der Waals surface area contributed by atoms with Crippen molar-refractivity contribution in [2.45, 2.75) is 20.8 Å². The van der Waals surface area contributed by atoms with Crippen LogP contribution in [0.1, 0.15) is 16.7 Å². The molecule has 3 aromatic rings. The molecule has 0 radical (unpaired) electrons. The number of sulfonamides is 1. The second-order valence-electron chi connectivity index (χ2n) is 5.76. The molecule has 26 heavy (non-hydrogen) atoms. The van der Waals surface area contributed by atoms with E-state index in [4.69, 9.17) is 0 Å². The van der Waals surface area contributed by atoms with E-state index in [0.29, 0.717) is 0 Å². The Morgan fingerprint density at radius 1 is 0.692 bits per heavy atom. The van der Waals surface area contributed by atoms with E-state index in [-0.39, 0.29) is 5.95 Å². The van der Waals surface area contributed by atoms with Gasteiger partial charge in [-0.05, 0) is 26.8 Å². The van der Waals surface area contributed by atoms with Gasteiger partial charge in [-0.1, -0.05) is 71.3 Å². The van der Waals surface area contributed by atoms with Crippen LogP contribution in [-0.4, -0.2) is 24.6 Å². The zero-order valence-electron chi connectivity index (χ0n) is 15.5. The van der Waals surface area contributed by atoms with E-state index in [2.05, 4.69) is 71.9 Å². The van der Waals surface area contributed by atoms with E-state index in [9.17, 15) is 8.42 Å². The third kappa shape index (κ3) is 10.9. The number of aryl methyl sites for hydroxylation is 3. The van der Waals surface area contributed by atoms with Crippen molar-refractivity contribution < 1.29 is 8.42 Å². The molecular formula is C20H25N3O2S. The van der Waals surface area contributed by atoms with Crippen LogP contribution in [0.15, 0.2) is 73.1 Å². The Labute approximate surface area is 156 Å². The molecule has 5 nitrogen and oxygen atoms in total. The number of benzene rings is 2. The summed E-state index contributed by atoms with van der Waals surface area (Å²) in [6, 6.07) is 20.3. The molecule has 1 aromatic heterocycles. The fourth-order valence-corrected chi connectivity index (χ4v) is 2.13. The molecule has 0 atom stereocenters. The molecule has 0 saturated heterocycles. The van der Waals surface area contributed by atoms with E-state index in [1.165, 1.54) is 29.1 Å². The molecule has 0 amide bonds. The summed E-state index contributed by atoms with van der Waals surface area (Å²) in [5, 5.41) is 0. The van der Waals surface area contributed by atoms with Crippen molar-refractivity contribution in [3.8, 4) is 0 Å². The molecule has 0 saturated carbocycles. The van der Waals surface area contributed by atoms with Gasteiger partial charge in [-0.2, -0.15) is 0 Å². The molecule has 3 rings (SSSR count). The highest BCUT2D eigenvalue weighted by Crippen LogP contribution is 1.99. The second-order valence-corrected chi connectivity index (χ2v) is 7.50. The summed E-state index contributed by atoms with van der Waals surface area (Å²) in [6.45, 7) is 6.28. The molecule has 0 aliphatic carbocycles. The van der Waals surface area contributed by atoms with Crippen LogP contribution in [0.2, 0.25) is 0 Å². The van der Waals surface area contributed by atoms with Gasteiger partial charge >= 0.3 is 0 Å². The first-order chi connectivity index (χ1) is 12.3. The van der Waals surface area contributed by atoms with Crippen molar-refractivity contribution in [2.75, 3.05) is 11.0 Å². The van der Waals surface area contributed by atoms with Crippen LogP contribution in [0.3, 0.4) is 0 Å². The molecule has 1 heterocycles. The minimum absolute atomic E-state index is 0.0926. The zero-order valence-corrected chi connectivity index (χ0v) is 16.4. The molecule has 0 fully saturated rings. The van der Waals surface area contributed by atoms with E-state index < -0.39 is 10.0 Å². The van der Waals surface area contributed by atoms with E-state index >= 15 is 0 Å². The fourth-order valence-electron chi connectivity index (χ4n) is 1.69. The molecule has 2 aromatic carbocycles. The van der Waals surface area contributed by atoms with Crippen molar-refractivity contribution in [2.24, 2.45) is 0 Å². The summed E-state index contributed by atoms with van der Waals surface area (Å²) in [5.74, 6) is 0.0926. The Kier molecular flexibility index (Phi) is 9.01. The Balaban J connectivity index is 0.000000201. The highest BCUT2D eigenvalue weighted by atomic mass is 32.2. The van der Waals surface area contributed by atoms with E-state index in [0.717, 1.165) is 6.26 Å². The summed E-state index contributed by atoms with van der Waals surface area (Å²) in [6.07, 6.45) is 3.96. The Morgan fingerprint density at radius 3 is 1.46 bits per heavy atom. The summed E-state index contributed by atoms with van der Waals surface area (Å²) in [4.78, 5) is 7.33. The monoisotopic (exact) mass is 371 g/mol. The third-order valence-electron chi connectivity index (χ3n) is 3.00. The van der Waals surface area contributed by atoms with Gasteiger partial charge in [-0.3, -0.25) is 4.72 Å². The third-order valence-corrected chi connectivity index (χ3v) is 3.55. The van der Waals surface area contributed by atoms with Gasteiger partial charge in [-0.15, -0.1) is 0 Å². The van der Waals surface area contributed by atoms with Crippen LogP contribution < -0.4 is 4.72 Å². The predicted octanol–water partition coefficient (Wildman–Crippen LogP) is 4.15. The van der Waals surface area contributed by atoms with Gasteiger partial charge < -0.3 is 0 Å². The maximum absolute atomic E-state index is 10.6. The number of nitrogens with one attached hydrogen (secondary N) is 1. The first-order valence-electron chi connectivity index (χ1n) is 8.06. The molecule has 1 N–H and O–H groups in total. The number of nitrogens with zero attached hydrogens (tertiary/aromatic N) is 2. The Morgan fingerprint density at radius 2 is 1.12 bits per heavy atom. The van der Waals surface area contributed by atoms with Crippen LogP contribution >= 0.6 is 0 Å². The van der Waals surface area contributed by atoms with Gasteiger partial charge in [0.25, 0.3) is 0 Å². The number of anilines is 1. The minimum Gasteiger partial charge on any atom is -0.251 e. The average Bonchev–Trinajstić information content (AvgIpc) is 2.59. The Hall–Kier alpha value is -2.73. The highest BCUT2D eigenvalue weighted by molar-refractivity contribution is 7.91. The van der Waals surface area contributed by atoms with Crippen molar-refractivity contribution >= 4 is 16.0 Å². The maximum atomic E-state index is 10.6. The lowest BCUT2D eigenvalue weighted by Gasteiger charge is -1.98.